The van der Waals surface area contributed by atoms with Crippen molar-refractivity contribution in [2.75, 3.05) is 33.0 Å². The van der Waals surface area contributed by atoms with E-state index in [2.05, 4.69) is 24.3 Å². The van der Waals surface area contributed by atoms with Gasteiger partial charge in [0.05, 0.1) is 39.0 Å². The maximum atomic E-state index is 9.71. The lowest BCUT2D eigenvalue weighted by Gasteiger charge is -2.18. The van der Waals surface area contributed by atoms with E-state index < -0.39 is 0 Å². The molecule has 0 radical (unpaired) electrons. The summed E-state index contributed by atoms with van der Waals surface area (Å²) in [7, 11) is 0. The molecule has 2 aromatic rings. The Labute approximate surface area is 178 Å². The molecule has 5 heteroatoms. The Hall–Kier alpha value is -2.92. The van der Waals surface area contributed by atoms with Crippen LogP contribution in [0.2, 0.25) is 0 Å². The van der Waals surface area contributed by atoms with Gasteiger partial charge in [-0.2, -0.15) is 0 Å². The fourth-order valence-electron chi connectivity index (χ4n) is 3.00. The molecule has 1 N–H and O–H groups in total. The SMILES string of the molecule is OCC1COC=C(Cc2ccccc2)OCCCOC=C(Cc2ccccc2)OC1. The number of aliphatic hydroxyl groups is 1. The average Bonchev–Trinajstić information content (AvgIpc) is 2.78. The van der Waals surface area contributed by atoms with Crippen LogP contribution in [0.5, 0.6) is 0 Å². The van der Waals surface area contributed by atoms with Crippen molar-refractivity contribution in [2.45, 2.75) is 19.3 Å². The van der Waals surface area contributed by atoms with E-state index in [-0.39, 0.29) is 12.5 Å². The molecule has 1 heterocycles. The van der Waals surface area contributed by atoms with Gasteiger partial charge in [-0.25, -0.2) is 0 Å². The van der Waals surface area contributed by atoms with Crippen LogP contribution in [0.3, 0.4) is 0 Å². The Balaban J connectivity index is 1.61. The van der Waals surface area contributed by atoms with Gasteiger partial charge in [-0.1, -0.05) is 60.7 Å². The third kappa shape index (κ3) is 7.84. The highest BCUT2D eigenvalue weighted by atomic mass is 16.5. The van der Waals surface area contributed by atoms with Gasteiger partial charge in [-0.15, -0.1) is 0 Å². The van der Waals surface area contributed by atoms with Crippen LogP contribution in [0.4, 0.5) is 0 Å². The molecule has 30 heavy (non-hydrogen) atoms. The van der Waals surface area contributed by atoms with Gasteiger partial charge >= 0.3 is 0 Å². The standard InChI is InChI=1S/C25H30O5/c26-16-23-17-28-20-24(14-21-8-3-1-4-9-21)29-13-7-12-27-19-25(30-18-23)15-22-10-5-2-6-11-22/h1-6,8-11,19-20,23,26H,7,12-18H2. The van der Waals surface area contributed by atoms with Crippen molar-refractivity contribution in [1.29, 1.82) is 0 Å². The molecular weight excluding hydrogens is 380 g/mol. The maximum Gasteiger partial charge on any atom is 0.135 e. The molecule has 1 aliphatic rings. The van der Waals surface area contributed by atoms with E-state index in [4.69, 9.17) is 18.9 Å². The van der Waals surface area contributed by atoms with E-state index in [0.717, 1.165) is 29.1 Å². The zero-order valence-corrected chi connectivity index (χ0v) is 17.2. The van der Waals surface area contributed by atoms with Crippen LogP contribution >= 0.6 is 0 Å². The largest absolute Gasteiger partial charge is 0.498 e. The van der Waals surface area contributed by atoms with Crippen molar-refractivity contribution in [2.24, 2.45) is 5.92 Å². The summed E-state index contributed by atoms with van der Waals surface area (Å²) in [5.74, 6) is 1.34. The lowest BCUT2D eigenvalue weighted by atomic mass is 10.1. The zero-order valence-electron chi connectivity index (χ0n) is 17.2. The molecule has 0 spiro atoms. The molecule has 0 aromatic heterocycles. The molecule has 0 bridgehead atoms. The highest BCUT2D eigenvalue weighted by molar-refractivity contribution is 5.20. The fourth-order valence-corrected chi connectivity index (χ4v) is 3.00. The van der Waals surface area contributed by atoms with E-state index in [1.165, 1.54) is 0 Å². The lowest BCUT2D eigenvalue weighted by Crippen LogP contribution is -2.20. The van der Waals surface area contributed by atoms with Crippen molar-refractivity contribution in [3.8, 4) is 0 Å². The first-order chi connectivity index (χ1) is 14.8. The molecule has 0 saturated heterocycles. The number of benzene rings is 2. The molecule has 5 nitrogen and oxygen atoms in total. The van der Waals surface area contributed by atoms with Crippen molar-refractivity contribution in [3.63, 3.8) is 0 Å². The summed E-state index contributed by atoms with van der Waals surface area (Å²) in [6, 6.07) is 20.2. The molecule has 160 valence electrons. The summed E-state index contributed by atoms with van der Waals surface area (Å²) >= 11 is 0. The summed E-state index contributed by atoms with van der Waals surface area (Å²) in [5.41, 5.74) is 2.29. The normalized spacial score (nSPS) is 18.4. The number of hydrogen-bond donors (Lipinski definition) is 1. The highest BCUT2D eigenvalue weighted by Crippen LogP contribution is 2.14. The average molecular weight is 411 g/mol. The molecule has 0 saturated carbocycles. The Morgan fingerprint density at radius 1 is 0.700 bits per heavy atom. The molecule has 0 amide bonds. The molecule has 0 aliphatic carbocycles. The first-order valence-corrected chi connectivity index (χ1v) is 10.4. The molecule has 1 atom stereocenters. The Morgan fingerprint density at radius 2 is 1.30 bits per heavy atom. The minimum atomic E-state index is -0.152. The van der Waals surface area contributed by atoms with Gasteiger partial charge in [0.2, 0.25) is 0 Å². The first kappa shape index (κ1) is 21.8. The minimum absolute atomic E-state index is 0.0256. The summed E-state index contributed by atoms with van der Waals surface area (Å²) in [5, 5.41) is 9.71. The second-order valence-electron chi connectivity index (χ2n) is 7.26. The predicted molar refractivity (Wildman–Crippen MR) is 115 cm³/mol. The van der Waals surface area contributed by atoms with Gasteiger partial charge in [0.1, 0.15) is 24.0 Å². The second-order valence-corrected chi connectivity index (χ2v) is 7.26. The molecule has 0 fully saturated rings. The van der Waals surface area contributed by atoms with Gasteiger partial charge in [0, 0.05) is 19.3 Å². The Bertz CT molecular complexity index is 786. The van der Waals surface area contributed by atoms with Crippen LogP contribution in [0.15, 0.2) is 84.7 Å². The van der Waals surface area contributed by atoms with Crippen LogP contribution < -0.4 is 0 Å². The topological polar surface area (TPSA) is 57.2 Å². The van der Waals surface area contributed by atoms with Gasteiger partial charge in [0.15, 0.2) is 0 Å². The van der Waals surface area contributed by atoms with Crippen molar-refractivity contribution in [3.05, 3.63) is 95.8 Å². The van der Waals surface area contributed by atoms with Gasteiger partial charge < -0.3 is 24.1 Å². The summed E-state index contributed by atoms with van der Waals surface area (Å²) < 4.78 is 23.3. The van der Waals surface area contributed by atoms with Crippen LogP contribution in [0.1, 0.15) is 17.5 Å². The molecule has 1 unspecified atom stereocenters. The van der Waals surface area contributed by atoms with E-state index >= 15 is 0 Å². The Kier molecular flexibility index (Phi) is 9.15. The summed E-state index contributed by atoms with van der Waals surface area (Å²) in [6.45, 7) is 1.74. The third-order valence-electron chi connectivity index (χ3n) is 4.66. The van der Waals surface area contributed by atoms with Gasteiger partial charge in [-0.3, -0.25) is 0 Å². The monoisotopic (exact) mass is 410 g/mol. The Morgan fingerprint density at radius 3 is 1.93 bits per heavy atom. The fraction of sp³-hybridized carbons (Fsp3) is 0.360. The maximum absolute atomic E-state index is 9.71. The zero-order chi connectivity index (χ0) is 20.9. The van der Waals surface area contributed by atoms with E-state index in [1.807, 2.05) is 36.4 Å². The van der Waals surface area contributed by atoms with Crippen molar-refractivity contribution >= 4 is 0 Å². The number of ether oxygens (including phenoxy) is 4. The van der Waals surface area contributed by atoms with E-state index in [9.17, 15) is 5.11 Å². The second kappa shape index (κ2) is 12.6. The van der Waals surface area contributed by atoms with Crippen molar-refractivity contribution in [1.82, 2.24) is 0 Å². The number of aliphatic hydroxyl groups excluding tert-OH is 1. The van der Waals surface area contributed by atoms with E-state index in [0.29, 0.717) is 39.3 Å². The molecular formula is C25H30O5. The minimum Gasteiger partial charge on any atom is -0.498 e. The van der Waals surface area contributed by atoms with Crippen LogP contribution in [-0.2, 0) is 31.8 Å². The van der Waals surface area contributed by atoms with Crippen LogP contribution in [-0.4, -0.2) is 38.1 Å². The van der Waals surface area contributed by atoms with Crippen LogP contribution in [0, 0.1) is 5.92 Å². The van der Waals surface area contributed by atoms with Gasteiger partial charge in [0.25, 0.3) is 0 Å². The summed E-state index contributed by atoms with van der Waals surface area (Å²) in [6.07, 6.45) is 5.37. The van der Waals surface area contributed by atoms with Gasteiger partial charge in [-0.05, 0) is 11.1 Å². The summed E-state index contributed by atoms with van der Waals surface area (Å²) in [4.78, 5) is 0. The number of hydrogen-bond acceptors (Lipinski definition) is 5. The first-order valence-electron chi connectivity index (χ1n) is 10.4. The molecule has 1 aliphatic heterocycles. The number of allylic oxidation sites excluding steroid dienone is 2. The quantitative estimate of drug-likeness (QED) is 0.799. The lowest BCUT2D eigenvalue weighted by molar-refractivity contribution is 0.0561. The number of rotatable bonds is 5. The highest BCUT2D eigenvalue weighted by Gasteiger charge is 2.12. The molecule has 2 aromatic carbocycles. The van der Waals surface area contributed by atoms with Crippen molar-refractivity contribution < 1.29 is 24.1 Å². The molecule has 3 rings (SSSR count). The predicted octanol–water partition coefficient (Wildman–Crippen LogP) is 4.23. The third-order valence-corrected chi connectivity index (χ3v) is 4.66. The van der Waals surface area contributed by atoms with Crippen LogP contribution in [0.25, 0.3) is 0 Å². The van der Waals surface area contributed by atoms with E-state index in [1.54, 1.807) is 12.5 Å². The smallest absolute Gasteiger partial charge is 0.135 e.